The Hall–Kier alpha value is -2.69. The summed E-state index contributed by atoms with van der Waals surface area (Å²) in [4.78, 5) is 15.3. The van der Waals surface area contributed by atoms with Crippen molar-refractivity contribution in [1.82, 2.24) is 10.3 Å². The van der Waals surface area contributed by atoms with Gasteiger partial charge in [-0.3, -0.25) is 4.79 Å². The summed E-state index contributed by atoms with van der Waals surface area (Å²) >= 11 is 0. The number of aromatic amines is 1. The number of nitrogens with one attached hydrogen (secondary N) is 2. The van der Waals surface area contributed by atoms with Crippen molar-refractivity contribution in [1.29, 1.82) is 0 Å². The largest absolute Gasteiger partial charge is 0.358 e. The van der Waals surface area contributed by atoms with E-state index in [1.807, 2.05) is 31.2 Å². The highest BCUT2D eigenvalue weighted by Crippen LogP contribution is 2.21. The molecule has 112 valence electrons. The van der Waals surface area contributed by atoms with Crippen molar-refractivity contribution in [2.75, 3.05) is 0 Å². The van der Waals surface area contributed by atoms with Crippen LogP contribution in [0.5, 0.6) is 0 Å². The van der Waals surface area contributed by atoms with Crippen LogP contribution >= 0.6 is 0 Å². The second-order valence-electron chi connectivity index (χ2n) is 5.09. The quantitative estimate of drug-likeness (QED) is 0.761. The van der Waals surface area contributed by atoms with Crippen LogP contribution in [0.15, 0.2) is 42.5 Å². The first kappa shape index (κ1) is 14.3. The Kier molecular flexibility index (Phi) is 3.63. The zero-order valence-corrected chi connectivity index (χ0v) is 11.9. The predicted molar refractivity (Wildman–Crippen MR) is 80.6 cm³/mol. The van der Waals surface area contributed by atoms with Gasteiger partial charge in [0, 0.05) is 28.7 Å². The maximum absolute atomic E-state index is 13.2. The van der Waals surface area contributed by atoms with Gasteiger partial charge in [0.25, 0.3) is 5.91 Å². The number of hydrogen-bond acceptors (Lipinski definition) is 1. The van der Waals surface area contributed by atoms with Crippen molar-refractivity contribution in [2.45, 2.75) is 13.5 Å². The van der Waals surface area contributed by atoms with E-state index >= 15 is 0 Å². The van der Waals surface area contributed by atoms with E-state index in [2.05, 4.69) is 10.3 Å². The fourth-order valence-corrected chi connectivity index (χ4v) is 2.47. The first-order chi connectivity index (χ1) is 10.6. The monoisotopic (exact) mass is 300 g/mol. The van der Waals surface area contributed by atoms with Gasteiger partial charge in [0.05, 0.1) is 0 Å². The average Bonchev–Trinajstić information content (AvgIpc) is 2.83. The lowest BCUT2D eigenvalue weighted by Gasteiger charge is -2.06. The van der Waals surface area contributed by atoms with E-state index in [0.29, 0.717) is 6.54 Å². The molecule has 22 heavy (non-hydrogen) atoms. The molecule has 3 nitrogen and oxygen atoms in total. The number of para-hydroxylation sites is 1. The molecule has 1 heterocycles. The number of aromatic nitrogens is 1. The smallest absolute Gasteiger partial charge is 0.251 e. The number of H-pyrrole nitrogens is 1. The number of aryl methyl sites for hydroxylation is 1. The number of benzene rings is 2. The van der Waals surface area contributed by atoms with Crippen molar-refractivity contribution in [3.05, 3.63) is 70.9 Å². The number of carbonyl (C=O) groups excluding carboxylic acids is 1. The third-order valence-corrected chi connectivity index (χ3v) is 3.63. The minimum Gasteiger partial charge on any atom is -0.358 e. The first-order valence-corrected chi connectivity index (χ1v) is 6.85. The average molecular weight is 300 g/mol. The van der Waals surface area contributed by atoms with Crippen molar-refractivity contribution < 1.29 is 13.6 Å². The van der Waals surface area contributed by atoms with Crippen LogP contribution in [0, 0.1) is 18.6 Å². The van der Waals surface area contributed by atoms with E-state index in [1.165, 1.54) is 6.07 Å². The van der Waals surface area contributed by atoms with Crippen molar-refractivity contribution in [3.63, 3.8) is 0 Å². The van der Waals surface area contributed by atoms with Gasteiger partial charge >= 0.3 is 0 Å². The number of hydrogen-bond donors (Lipinski definition) is 2. The molecule has 5 heteroatoms. The number of halogens is 2. The molecule has 0 bridgehead atoms. The van der Waals surface area contributed by atoms with Crippen LogP contribution in [-0.4, -0.2) is 10.9 Å². The highest BCUT2D eigenvalue weighted by molar-refractivity contribution is 5.94. The molecule has 0 unspecified atom stereocenters. The molecule has 0 saturated carbocycles. The summed E-state index contributed by atoms with van der Waals surface area (Å²) in [5, 5.41) is 3.77. The Labute approximate surface area is 126 Å². The fourth-order valence-electron chi connectivity index (χ4n) is 2.47. The molecule has 1 aromatic heterocycles. The third-order valence-electron chi connectivity index (χ3n) is 3.63. The molecule has 0 aliphatic rings. The minimum absolute atomic E-state index is 0.0939. The van der Waals surface area contributed by atoms with Gasteiger partial charge in [-0.05, 0) is 36.8 Å². The molecular weight excluding hydrogens is 286 g/mol. The molecule has 0 saturated heterocycles. The lowest BCUT2D eigenvalue weighted by molar-refractivity contribution is 0.0950. The van der Waals surface area contributed by atoms with Crippen LogP contribution in [0.1, 0.15) is 21.6 Å². The number of fused-ring (bicyclic) bond motifs is 1. The molecule has 2 aromatic carbocycles. The minimum atomic E-state index is -1.03. The predicted octanol–water partition coefficient (Wildman–Crippen LogP) is 3.68. The van der Waals surface area contributed by atoms with E-state index in [-0.39, 0.29) is 5.56 Å². The molecular formula is C17H14F2N2O. The summed E-state index contributed by atoms with van der Waals surface area (Å²) in [7, 11) is 0. The van der Waals surface area contributed by atoms with Gasteiger partial charge in [0.1, 0.15) is 0 Å². The highest BCUT2D eigenvalue weighted by Gasteiger charge is 2.12. The Morgan fingerprint density at radius 3 is 2.68 bits per heavy atom. The maximum Gasteiger partial charge on any atom is 0.251 e. The number of rotatable bonds is 3. The molecule has 0 radical (unpaired) electrons. The van der Waals surface area contributed by atoms with Gasteiger partial charge < -0.3 is 10.3 Å². The second kappa shape index (κ2) is 5.60. The van der Waals surface area contributed by atoms with Crippen LogP contribution in [0.4, 0.5) is 8.78 Å². The molecule has 2 N–H and O–H groups in total. The topological polar surface area (TPSA) is 44.9 Å². The summed E-state index contributed by atoms with van der Waals surface area (Å²) < 4.78 is 26.1. The SMILES string of the molecule is Cc1[nH]c2ccccc2c1CNC(=O)c1ccc(F)c(F)c1. The molecule has 3 aromatic rings. The van der Waals surface area contributed by atoms with Crippen LogP contribution in [0.3, 0.4) is 0 Å². The second-order valence-corrected chi connectivity index (χ2v) is 5.09. The lowest BCUT2D eigenvalue weighted by atomic mass is 10.1. The number of carbonyl (C=O) groups is 1. The van der Waals surface area contributed by atoms with Crippen molar-refractivity contribution >= 4 is 16.8 Å². The van der Waals surface area contributed by atoms with Crippen LogP contribution in [0.25, 0.3) is 10.9 Å². The van der Waals surface area contributed by atoms with Crippen molar-refractivity contribution in [3.8, 4) is 0 Å². The third kappa shape index (κ3) is 2.57. The zero-order chi connectivity index (χ0) is 15.7. The van der Waals surface area contributed by atoms with E-state index in [0.717, 1.165) is 34.3 Å². The normalized spacial score (nSPS) is 10.9. The van der Waals surface area contributed by atoms with Crippen LogP contribution in [-0.2, 0) is 6.54 Å². The molecule has 0 aliphatic carbocycles. The summed E-state index contributed by atoms with van der Waals surface area (Å²) in [5.41, 5.74) is 3.03. The Bertz CT molecular complexity index is 855. The Morgan fingerprint density at radius 1 is 1.14 bits per heavy atom. The van der Waals surface area contributed by atoms with Gasteiger partial charge in [0.2, 0.25) is 0 Å². The Balaban J connectivity index is 1.80. The molecule has 0 atom stereocenters. The molecule has 0 aliphatic heterocycles. The summed E-state index contributed by atoms with van der Waals surface area (Å²) in [6.45, 7) is 2.24. The van der Waals surface area contributed by atoms with E-state index in [4.69, 9.17) is 0 Å². The van der Waals surface area contributed by atoms with Gasteiger partial charge in [-0.25, -0.2) is 8.78 Å². The van der Waals surface area contributed by atoms with Gasteiger partial charge in [0.15, 0.2) is 11.6 Å². The van der Waals surface area contributed by atoms with E-state index in [9.17, 15) is 13.6 Å². The summed E-state index contributed by atoms with van der Waals surface area (Å²) in [6, 6.07) is 10.9. The van der Waals surface area contributed by atoms with Gasteiger partial charge in [-0.2, -0.15) is 0 Å². The Morgan fingerprint density at radius 2 is 1.91 bits per heavy atom. The maximum atomic E-state index is 13.2. The van der Waals surface area contributed by atoms with E-state index < -0.39 is 17.5 Å². The lowest BCUT2D eigenvalue weighted by Crippen LogP contribution is -2.23. The van der Waals surface area contributed by atoms with E-state index in [1.54, 1.807) is 0 Å². The summed E-state index contributed by atoms with van der Waals surface area (Å²) in [5.74, 6) is -2.44. The highest BCUT2D eigenvalue weighted by atomic mass is 19.2. The molecule has 0 fully saturated rings. The van der Waals surface area contributed by atoms with Crippen molar-refractivity contribution in [2.24, 2.45) is 0 Å². The number of amides is 1. The fraction of sp³-hybridized carbons (Fsp3) is 0.118. The van der Waals surface area contributed by atoms with Crippen LogP contribution < -0.4 is 5.32 Å². The first-order valence-electron chi connectivity index (χ1n) is 6.85. The van der Waals surface area contributed by atoms with Crippen LogP contribution in [0.2, 0.25) is 0 Å². The summed E-state index contributed by atoms with van der Waals surface area (Å²) in [6.07, 6.45) is 0. The van der Waals surface area contributed by atoms with Gasteiger partial charge in [-0.1, -0.05) is 18.2 Å². The molecule has 3 rings (SSSR count). The van der Waals surface area contributed by atoms with Gasteiger partial charge in [-0.15, -0.1) is 0 Å². The molecule has 0 spiro atoms. The molecule has 1 amide bonds. The zero-order valence-electron chi connectivity index (χ0n) is 11.9. The standard InChI is InChI=1S/C17H14F2N2O/c1-10-13(12-4-2-3-5-16(12)21-10)9-20-17(22)11-6-7-14(18)15(19)8-11/h2-8,21H,9H2,1H3,(H,20,22).